The van der Waals surface area contributed by atoms with E-state index in [1.165, 1.54) is 10.9 Å². The maximum atomic E-state index is 5.65. The van der Waals surface area contributed by atoms with Gasteiger partial charge in [-0.1, -0.05) is 6.07 Å². The molecule has 17 heavy (non-hydrogen) atoms. The summed E-state index contributed by atoms with van der Waals surface area (Å²) in [6, 6.07) is 10.2. The Hall–Kier alpha value is -2.00. The molecule has 0 radical (unpaired) electrons. The van der Waals surface area contributed by atoms with E-state index in [4.69, 9.17) is 5.73 Å². The summed E-state index contributed by atoms with van der Waals surface area (Å²) in [6.07, 6.45) is 4.49. The molecule has 0 atom stereocenters. The standard InChI is InChI=1S/C14H13N3/c15-6-5-10-9-13-12(4-2-7-16-13)14-11(10)3-1-8-17-14/h1-4,7-9H,5-6,15H2. The van der Waals surface area contributed by atoms with Gasteiger partial charge in [-0.2, -0.15) is 0 Å². The fourth-order valence-electron chi connectivity index (χ4n) is 2.22. The predicted molar refractivity (Wildman–Crippen MR) is 69.8 cm³/mol. The van der Waals surface area contributed by atoms with Crippen LogP contribution >= 0.6 is 0 Å². The molecule has 0 aliphatic heterocycles. The molecule has 3 heteroatoms. The highest BCUT2D eigenvalue weighted by atomic mass is 14.7. The molecule has 0 aliphatic carbocycles. The Bertz CT molecular complexity index is 676. The van der Waals surface area contributed by atoms with Gasteiger partial charge in [-0.25, -0.2) is 0 Å². The highest BCUT2D eigenvalue weighted by Crippen LogP contribution is 2.25. The van der Waals surface area contributed by atoms with Gasteiger partial charge in [0, 0.05) is 23.2 Å². The van der Waals surface area contributed by atoms with Crippen molar-refractivity contribution >= 4 is 21.8 Å². The molecule has 84 valence electrons. The van der Waals surface area contributed by atoms with Crippen LogP contribution in [0.4, 0.5) is 0 Å². The van der Waals surface area contributed by atoms with Crippen molar-refractivity contribution in [2.75, 3.05) is 6.54 Å². The fourth-order valence-corrected chi connectivity index (χ4v) is 2.22. The first-order chi connectivity index (χ1) is 8.40. The molecule has 0 saturated carbocycles. The molecule has 0 bridgehead atoms. The maximum Gasteiger partial charge on any atom is 0.0798 e. The van der Waals surface area contributed by atoms with Crippen LogP contribution in [0.15, 0.2) is 42.7 Å². The van der Waals surface area contributed by atoms with Crippen LogP contribution in [0.2, 0.25) is 0 Å². The molecule has 3 rings (SSSR count). The first-order valence-electron chi connectivity index (χ1n) is 5.71. The Balaban J connectivity index is 2.45. The van der Waals surface area contributed by atoms with Crippen LogP contribution in [-0.2, 0) is 6.42 Å². The third-order valence-corrected chi connectivity index (χ3v) is 2.97. The first-order valence-corrected chi connectivity index (χ1v) is 5.71. The van der Waals surface area contributed by atoms with Gasteiger partial charge in [-0.05, 0) is 42.8 Å². The number of nitrogens with two attached hydrogens (primary N) is 1. The predicted octanol–water partition coefficient (Wildman–Crippen LogP) is 2.28. The topological polar surface area (TPSA) is 51.8 Å². The van der Waals surface area contributed by atoms with Crippen molar-refractivity contribution in [3.63, 3.8) is 0 Å². The minimum Gasteiger partial charge on any atom is -0.330 e. The SMILES string of the molecule is NCCc1cc2ncccc2c2ncccc12. The summed E-state index contributed by atoms with van der Waals surface area (Å²) < 4.78 is 0. The number of pyridine rings is 2. The van der Waals surface area contributed by atoms with E-state index < -0.39 is 0 Å². The lowest BCUT2D eigenvalue weighted by atomic mass is 10.0. The lowest BCUT2D eigenvalue weighted by Gasteiger charge is -2.07. The van der Waals surface area contributed by atoms with Crippen LogP contribution in [0.5, 0.6) is 0 Å². The second-order valence-electron chi connectivity index (χ2n) is 4.04. The van der Waals surface area contributed by atoms with Gasteiger partial charge < -0.3 is 5.73 Å². The molecular formula is C14H13N3. The summed E-state index contributed by atoms with van der Waals surface area (Å²) in [5, 5.41) is 2.28. The normalized spacial score (nSPS) is 11.1. The molecule has 0 unspecified atom stereocenters. The Morgan fingerprint density at radius 3 is 2.59 bits per heavy atom. The third kappa shape index (κ3) is 1.65. The lowest BCUT2D eigenvalue weighted by molar-refractivity contribution is 0.978. The van der Waals surface area contributed by atoms with Crippen LogP contribution in [0.1, 0.15) is 5.56 Å². The van der Waals surface area contributed by atoms with Gasteiger partial charge in [0.15, 0.2) is 0 Å². The van der Waals surface area contributed by atoms with E-state index in [1.54, 1.807) is 0 Å². The molecular weight excluding hydrogens is 210 g/mol. The molecule has 0 spiro atoms. The maximum absolute atomic E-state index is 5.65. The van der Waals surface area contributed by atoms with E-state index in [1.807, 2.05) is 24.5 Å². The zero-order valence-electron chi connectivity index (χ0n) is 9.43. The number of aromatic nitrogens is 2. The third-order valence-electron chi connectivity index (χ3n) is 2.97. The van der Waals surface area contributed by atoms with Gasteiger partial charge in [0.1, 0.15) is 0 Å². The van der Waals surface area contributed by atoms with E-state index in [9.17, 15) is 0 Å². The van der Waals surface area contributed by atoms with Crippen molar-refractivity contribution in [3.05, 3.63) is 48.3 Å². The lowest BCUT2D eigenvalue weighted by Crippen LogP contribution is -2.03. The molecule has 3 nitrogen and oxygen atoms in total. The van der Waals surface area contributed by atoms with Crippen molar-refractivity contribution in [2.24, 2.45) is 5.73 Å². The summed E-state index contributed by atoms with van der Waals surface area (Å²) in [5.74, 6) is 0. The van der Waals surface area contributed by atoms with Gasteiger partial charge >= 0.3 is 0 Å². The number of rotatable bonds is 2. The van der Waals surface area contributed by atoms with E-state index in [-0.39, 0.29) is 0 Å². The van der Waals surface area contributed by atoms with Crippen molar-refractivity contribution < 1.29 is 0 Å². The Kier molecular flexibility index (Phi) is 2.46. The molecule has 1 aromatic carbocycles. The minimum atomic E-state index is 0.641. The number of hydrogen-bond donors (Lipinski definition) is 1. The fraction of sp³-hybridized carbons (Fsp3) is 0.143. The van der Waals surface area contributed by atoms with Crippen LogP contribution < -0.4 is 5.73 Å². The minimum absolute atomic E-state index is 0.641. The monoisotopic (exact) mass is 223 g/mol. The highest BCUT2D eigenvalue weighted by Gasteiger charge is 2.06. The smallest absolute Gasteiger partial charge is 0.0798 e. The van der Waals surface area contributed by atoms with Crippen molar-refractivity contribution in [1.82, 2.24) is 9.97 Å². The largest absolute Gasteiger partial charge is 0.330 e. The average Bonchev–Trinajstić information content (AvgIpc) is 2.39. The van der Waals surface area contributed by atoms with E-state index in [0.29, 0.717) is 6.54 Å². The Labute approximate surface area is 99.3 Å². The van der Waals surface area contributed by atoms with E-state index >= 15 is 0 Å². The Morgan fingerprint density at radius 1 is 1.00 bits per heavy atom. The summed E-state index contributed by atoms with van der Waals surface area (Å²) >= 11 is 0. The van der Waals surface area contributed by atoms with Crippen LogP contribution in [0.3, 0.4) is 0 Å². The zero-order valence-corrected chi connectivity index (χ0v) is 9.43. The number of benzene rings is 1. The summed E-state index contributed by atoms with van der Waals surface area (Å²) in [7, 11) is 0. The number of nitrogens with zero attached hydrogens (tertiary/aromatic N) is 2. The van der Waals surface area contributed by atoms with Crippen LogP contribution in [0, 0.1) is 0 Å². The van der Waals surface area contributed by atoms with Gasteiger partial charge in [-0.15, -0.1) is 0 Å². The molecule has 2 heterocycles. The molecule has 3 aromatic rings. The molecule has 0 amide bonds. The average molecular weight is 223 g/mol. The number of fused-ring (bicyclic) bond motifs is 3. The second kappa shape index (κ2) is 4.11. The zero-order chi connectivity index (χ0) is 11.7. The van der Waals surface area contributed by atoms with Crippen LogP contribution in [0.25, 0.3) is 21.8 Å². The highest BCUT2D eigenvalue weighted by molar-refractivity contribution is 6.05. The van der Waals surface area contributed by atoms with Gasteiger partial charge in [0.2, 0.25) is 0 Å². The first kappa shape index (κ1) is 10.2. The molecule has 0 saturated heterocycles. The van der Waals surface area contributed by atoms with Crippen LogP contribution in [-0.4, -0.2) is 16.5 Å². The molecule has 0 aliphatic rings. The Morgan fingerprint density at radius 2 is 1.76 bits per heavy atom. The van der Waals surface area contributed by atoms with Gasteiger partial charge in [-0.3, -0.25) is 9.97 Å². The van der Waals surface area contributed by atoms with Crippen molar-refractivity contribution in [2.45, 2.75) is 6.42 Å². The number of hydrogen-bond acceptors (Lipinski definition) is 3. The van der Waals surface area contributed by atoms with Crippen molar-refractivity contribution in [3.8, 4) is 0 Å². The van der Waals surface area contributed by atoms with Crippen molar-refractivity contribution in [1.29, 1.82) is 0 Å². The molecule has 2 N–H and O–H groups in total. The summed E-state index contributed by atoms with van der Waals surface area (Å²) in [4.78, 5) is 8.86. The quantitative estimate of drug-likeness (QED) is 0.678. The van der Waals surface area contributed by atoms with Gasteiger partial charge in [0.05, 0.1) is 11.0 Å². The second-order valence-corrected chi connectivity index (χ2v) is 4.04. The molecule has 2 aromatic heterocycles. The van der Waals surface area contributed by atoms with Gasteiger partial charge in [0.25, 0.3) is 0 Å². The van der Waals surface area contributed by atoms with E-state index in [0.717, 1.165) is 22.8 Å². The summed E-state index contributed by atoms with van der Waals surface area (Å²) in [6.45, 7) is 0.641. The molecule has 0 fully saturated rings. The van der Waals surface area contributed by atoms with E-state index in [2.05, 4.69) is 28.2 Å². The summed E-state index contributed by atoms with van der Waals surface area (Å²) in [5.41, 5.74) is 8.88.